The first-order chi connectivity index (χ1) is 7.51. The highest BCUT2D eigenvalue weighted by molar-refractivity contribution is 7.91. The van der Waals surface area contributed by atoms with Crippen molar-refractivity contribution in [3.8, 4) is 0 Å². The number of carbonyl (C=O) groups is 1. The topological polar surface area (TPSA) is 69.7 Å². The Bertz CT molecular complexity index is 478. The van der Waals surface area contributed by atoms with Gasteiger partial charge in [0.1, 0.15) is 0 Å². The van der Waals surface area contributed by atoms with E-state index in [1.165, 1.54) is 38.5 Å². The van der Waals surface area contributed by atoms with E-state index in [1.54, 1.807) is 0 Å². The molecular weight excluding hydrogens is 232 g/mol. The Hall–Kier alpha value is -1.40. The summed E-state index contributed by atoms with van der Waals surface area (Å²) in [5.74, 6) is -0.994. The lowest BCUT2D eigenvalue weighted by Gasteiger charge is -2.04. The molecule has 0 saturated heterocycles. The van der Waals surface area contributed by atoms with Crippen LogP contribution in [-0.4, -0.2) is 34.5 Å². The van der Waals surface area contributed by atoms with Crippen molar-refractivity contribution in [3.05, 3.63) is 29.8 Å². The van der Waals surface area contributed by atoms with Crippen molar-refractivity contribution in [1.29, 1.82) is 0 Å². The Morgan fingerprint density at radius 1 is 1.31 bits per heavy atom. The van der Waals surface area contributed by atoms with Crippen LogP contribution in [0.2, 0.25) is 0 Å². The van der Waals surface area contributed by atoms with E-state index in [0.29, 0.717) is 0 Å². The first-order valence-electron chi connectivity index (χ1n) is 4.41. The largest absolute Gasteiger partial charge is 0.465 e. The third-order valence-electron chi connectivity index (χ3n) is 1.89. The molecule has 0 fully saturated rings. The average molecular weight is 244 g/mol. The van der Waals surface area contributed by atoms with Gasteiger partial charge in [0.2, 0.25) is 9.84 Å². The lowest BCUT2D eigenvalue weighted by atomic mass is 10.2. The van der Waals surface area contributed by atoms with E-state index in [1.807, 2.05) is 0 Å². The number of hydrogen-bond acceptors (Lipinski definition) is 5. The molecule has 0 bridgehead atoms. The zero-order valence-electron chi connectivity index (χ0n) is 8.97. The van der Waals surface area contributed by atoms with Gasteiger partial charge in [0.05, 0.1) is 17.6 Å². The van der Waals surface area contributed by atoms with E-state index >= 15 is 0 Å². The zero-order chi connectivity index (χ0) is 12.2. The second kappa shape index (κ2) is 5.09. The normalized spacial score (nSPS) is 11.1. The molecule has 1 rings (SSSR count). The van der Waals surface area contributed by atoms with Crippen LogP contribution in [0.25, 0.3) is 0 Å². The monoisotopic (exact) mass is 244 g/mol. The van der Waals surface area contributed by atoms with E-state index in [4.69, 9.17) is 0 Å². The van der Waals surface area contributed by atoms with Crippen LogP contribution in [0.1, 0.15) is 10.4 Å². The van der Waals surface area contributed by atoms with Gasteiger partial charge in [-0.1, -0.05) is 6.07 Å². The molecule has 0 aliphatic heterocycles. The molecule has 0 atom stereocenters. The van der Waals surface area contributed by atoms with Gasteiger partial charge in [0, 0.05) is 7.11 Å². The predicted molar refractivity (Wildman–Crippen MR) is 56.8 cm³/mol. The molecule has 0 aliphatic carbocycles. The fourth-order valence-corrected chi connectivity index (χ4v) is 2.20. The van der Waals surface area contributed by atoms with E-state index in [2.05, 4.69) is 9.47 Å². The molecule has 1 aromatic rings. The maximum Gasteiger partial charge on any atom is 0.337 e. The summed E-state index contributed by atoms with van der Waals surface area (Å²) in [5, 5.41) is 0. The average Bonchev–Trinajstić information content (AvgIpc) is 2.28. The van der Waals surface area contributed by atoms with Gasteiger partial charge in [-0.25, -0.2) is 13.2 Å². The summed E-state index contributed by atoms with van der Waals surface area (Å²) < 4.78 is 32.3. The van der Waals surface area contributed by atoms with Crippen LogP contribution >= 0.6 is 0 Å². The summed E-state index contributed by atoms with van der Waals surface area (Å²) in [4.78, 5) is 11.2. The van der Waals surface area contributed by atoms with Crippen LogP contribution in [-0.2, 0) is 19.3 Å². The Balaban J connectivity index is 3.13. The Morgan fingerprint density at radius 3 is 2.56 bits per heavy atom. The fraction of sp³-hybridized carbons (Fsp3) is 0.300. The van der Waals surface area contributed by atoms with Gasteiger partial charge in [-0.2, -0.15) is 0 Å². The number of benzene rings is 1. The van der Waals surface area contributed by atoms with Crippen LogP contribution < -0.4 is 0 Å². The maximum absolute atomic E-state index is 11.6. The summed E-state index contributed by atoms with van der Waals surface area (Å²) >= 11 is 0. The highest BCUT2D eigenvalue weighted by Crippen LogP contribution is 2.14. The third kappa shape index (κ3) is 2.80. The lowest BCUT2D eigenvalue weighted by Crippen LogP contribution is -2.10. The van der Waals surface area contributed by atoms with Crippen molar-refractivity contribution in [3.63, 3.8) is 0 Å². The van der Waals surface area contributed by atoms with Gasteiger partial charge in [-0.05, 0) is 18.2 Å². The smallest absolute Gasteiger partial charge is 0.337 e. The zero-order valence-corrected chi connectivity index (χ0v) is 9.78. The standard InChI is InChI=1S/C10H12O5S/c1-14-7-16(12,13)9-5-3-4-8(6-9)10(11)15-2/h3-6H,7H2,1-2H3. The molecule has 6 heteroatoms. The van der Waals surface area contributed by atoms with Crippen molar-refractivity contribution in [1.82, 2.24) is 0 Å². The van der Waals surface area contributed by atoms with Crippen LogP contribution in [0.15, 0.2) is 29.2 Å². The molecule has 0 radical (unpaired) electrons. The molecule has 0 heterocycles. The van der Waals surface area contributed by atoms with Crippen LogP contribution in [0, 0.1) is 0 Å². The number of rotatable bonds is 4. The molecule has 0 aromatic heterocycles. The Labute approximate surface area is 93.9 Å². The quantitative estimate of drug-likeness (QED) is 0.734. The van der Waals surface area contributed by atoms with Crippen LogP contribution in [0.4, 0.5) is 0 Å². The predicted octanol–water partition coefficient (Wildman–Crippen LogP) is 0.851. The number of carbonyl (C=O) groups excluding carboxylic acids is 1. The molecule has 5 nitrogen and oxygen atoms in total. The number of sulfone groups is 1. The van der Waals surface area contributed by atoms with Crippen molar-refractivity contribution in [2.24, 2.45) is 0 Å². The van der Waals surface area contributed by atoms with E-state index in [0.717, 1.165) is 0 Å². The third-order valence-corrected chi connectivity index (χ3v) is 3.41. The van der Waals surface area contributed by atoms with E-state index in [9.17, 15) is 13.2 Å². The van der Waals surface area contributed by atoms with Crippen LogP contribution in [0.3, 0.4) is 0 Å². The summed E-state index contributed by atoms with van der Waals surface area (Å²) in [6, 6.07) is 5.63. The second-order valence-corrected chi connectivity index (χ2v) is 4.98. The summed E-state index contributed by atoms with van der Waals surface area (Å²) in [6.45, 7) is 0. The molecule has 1 aromatic carbocycles. The molecule has 0 N–H and O–H groups in total. The minimum atomic E-state index is -3.50. The van der Waals surface area contributed by atoms with Gasteiger partial charge >= 0.3 is 5.97 Å². The fourth-order valence-electron chi connectivity index (χ4n) is 1.16. The molecule has 16 heavy (non-hydrogen) atoms. The van der Waals surface area contributed by atoms with Crippen molar-refractivity contribution >= 4 is 15.8 Å². The van der Waals surface area contributed by atoms with Crippen molar-refractivity contribution in [2.45, 2.75) is 4.90 Å². The summed E-state index contributed by atoms with van der Waals surface area (Å²) in [7, 11) is -0.976. The summed E-state index contributed by atoms with van der Waals surface area (Å²) in [6.07, 6.45) is 0. The number of hydrogen-bond donors (Lipinski definition) is 0. The number of ether oxygens (including phenoxy) is 2. The molecule has 0 aliphatic rings. The van der Waals surface area contributed by atoms with E-state index in [-0.39, 0.29) is 10.5 Å². The van der Waals surface area contributed by atoms with E-state index < -0.39 is 21.7 Å². The highest BCUT2D eigenvalue weighted by Gasteiger charge is 2.16. The molecular formula is C10H12O5S. The van der Waals surface area contributed by atoms with Gasteiger partial charge in [-0.3, -0.25) is 0 Å². The van der Waals surface area contributed by atoms with Crippen LogP contribution in [0.5, 0.6) is 0 Å². The van der Waals surface area contributed by atoms with Gasteiger partial charge in [0.15, 0.2) is 5.94 Å². The summed E-state index contributed by atoms with van der Waals surface area (Å²) in [5.41, 5.74) is 0.194. The highest BCUT2D eigenvalue weighted by atomic mass is 32.2. The SMILES string of the molecule is COCS(=O)(=O)c1cccc(C(=O)OC)c1. The molecule has 0 spiro atoms. The van der Waals surface area contributed by atoms with Gasteiger partial charge in [-0.15, -0.1) is 0 Å². The first kappa shape index (κ1) is 12.7. The molecule has 0 saturated carbocycles. The molecule has 0 unspecified atom stereocenters. The van der Waals surface area contributed by atoms with Crippen molar-refractivity contribution < 1.29 is 22.7 Å². The van der Waals surface area contributed by atoms with Gasteiger partial charge < -0.3 is 9.47 Å². The molecule has 88 valence electrons. The number of esters is 1. The van der Waals surface area contributed by atoms with Crippen molar-refractivity contribution in [2.75, 3.05) is 20.2 Å². The second-order valence-electron chi connectivity index (χ2n) is 3.04. The first-order valence-corrected chi connectivity index (χ1v) is 6.06. The Morgan fingerprint density at radius 2 is 2.00 bits per heavy atom. The van der Waals surface area contributed by atoms with Gasteiger partial charge in [0.25, 0.3) is 0 Å². The lowest BCUT2D eigenvalue weighted by molar-refractivity contribution is 0.0600. The minimum absolute atomic E-state index is 0.0391. The maximum atomic E-state index is 11.6. The Kier molecular flexibility index (Phi) is 4.03. The minimum Gasteiger partial charge on any atom is -0.465 e. The number of methoxy groups -OCH3 is 2. The molecule has 0 amide bonds.